The fourth-order valence-corrected chi connectivity index (χ4v) is 2.21. The molecule has 19 heavy (non-hydrogen) atoms. The van der Waals surface area contributed by atoms with Crippen LogP contribution in [0.4, 0.5) is 10.5 Å². The Labute approximate surface area is 113 Å². The lowest BCUT2D eigenvalue weighted by molar-refractivity contribution is 0.0569. The van der Waals surface area contributed by atoms with Crippen molar-refractivity contribution in [2.24, 2.45) is 0 Å². The summed E-state index contributed by atoms with van der Waals surface area (Å²) in [4.78, 5) is 13.8. The van der Waals surface area contributed by atoms with Gasteiger partial charge in [-0.3, -0.25) is 4.90 Å². The third-order valence-corrected chi connectivity index (χ3v) is 2.99. The normalized spacial score (nSPS) is 18.4. The Bertz CT molecular complexity index is 526. The molecule has 1 atom stereocenters. The minimum absolute atomic E-state index is 0.453. The highest BCUT2D eigenvalue weighted by atomic mass is 16.6. The summed E-state index contributed by atoms with van der Waals surface area (Å²) in [7, 11) is 0. The lowest BCUT2D eigenvalue weighted by Gasteiger charge is -2.34. The van der Waals surface area contributed by atoms with Gasteiger partial charge in [0, 0.05) is 0 Å². The van der Waals surface area contributed by atoms with Crippen LogP contribution >= 0.6 is 0 Å². The topological polar surface area (TPSA) is 53.3 Å². The van der Waals surface area contributed by atoms with Crippen molar-refractivity contribution in [2.75, 3.05) is 4.90 Å². The predicted octanol–water partition coefficient (Wildman–Crippen LogP) is 3.27. The zero-order valence-corrected chi connectivity index (χ0v) is 11.5. The molecule has 0 aliphatic carbocycles. The maximum atomic E-state index is 12.3. The number of carbonyl (C=O) groups is 1. The molecule has 0 radical (unpaired) electrons. The number of ether oxygens (including phenoxy) is 1. The molecule has 1 aromatic carbocycles. The summed E-state index contributed by atoms with van der Waals surface area (Å²) in [5.41, 5.74) is 1.30. The molecule has 1 aromatic rings. The average Bonchev–Trinajstić information content (AvgIpc) is 2.35. The Morgan fingerprint density at radius 2 is 2.11 bits per heavy atom. The van der Waals surface area contributed by atoms with E-state index >= 15 is 0 Å². The van der Waals surface area contributed by atoms with E-state index in [1.165, 1.54) is 4.90 Å². The molecule has 0 aromatic heterocycles. The van der Waals surface area contributed by atoms with Gasteiger partial charge in [-0.1, -0.05) is 18.2 Å². The zero-order valence-electron chi connectivity index (χ0n) is 11.5. The van der Waals surface area contributed by atoms with Crippen molar-refractivity contribution in [1.29, 1.82) is 5.26 Å². The van der Waals surface area contributed by atoms with E-state index in [0.717, 1.165) is 17.7 Å². The van der Waals surface area contributed by atoms with Gasteiger partial charge < -0.3 is 4.74 Å². The summed E-state index contributed by atoms with van der Waals surface area (Å²) in [6, 6.07) is 9.40. The van der Waals surface area contributed by atoms with E-state index in [-0.39, 0.29) is 0 Å². The lowest BCUT2D eigenvalue weighted by Crippen LogP contribution is -2.45. The smallest absolute Gasteiger partial charge is 0.415 e. The van der Waals surface area contributed by atoms with Gasteiger partial charge in [-0.05, 0) is 45.2 Å². The number of hydrogen-bond donors (Lipinski definition) is 0. The van der Waals surface area contributed by atoms with E-state index in [1.807, 2.05) is 45.0 Å². The van der Waals surface area contributed by atoms with Gasteiger partial charge in [0.15, 0.2) is 0 Å². The number of nitriles is 1. The Morgan fingerprint density at radius 1 is 1.42 bits per heavy atom. The molecule has 0 saturated carbocycles. The first-order chi connectivity index (χ1) is 8.92. The number of para-hydroxylation sites is 1. The minimum Gasteiger partial charge on any atom is -0.443 e. The number of anilines is 1. The number of amides is 1. The van der Waals surface area contributed by atoms with Crippen molar-refractivity contribution in [3.8, 4) is 6.07 Å². The van der Waals surface area contributed by atoms with Crippen LogP contribution in [0.25, 0.3) is 0 Å². The van der Waals surface area contributed by atoms with E-state index in [2.05, 4.69) is 6.07 Å². The van der Waals surface area contributed by atoms with Crippen LogP contribution in [-0.2, 0) is 11.2 Å². The molecule has 0 fully saturated rings. The molecular weight excluding hydrogens is 240 g/mol. The Hall–Kier alpha value is -2.02. The van der Waals surface area contributed by atoms with Crippen molar-refractivity contribution in [3.63, 3.8) is 0 Å². The van der Waals surface area contributed by atoms with Crippen molar-refractivity contribution in [1.82, 2.24) is 0 Å². The molecule has 0 saturated heterocycles. The second-order valence-electron chi connectivity index (χ2n) is 5.66. The van der Waals surface area contributed by atoms with Crippen molar-refractivity contribution in [3.05, 3.63) is 29.8 Å². The van der Waals surface area contributed by atoms with Gasteiger partial charge in [0.2, 0.25) is 0 Å². The number of hydrogen-bond acceptors (Lipinski definition) is 3. The minimum atomic E-state index is -0.566. The van der Waals surface area contributed by atoms with Gasteiger partial charge in [-0.15, -0.1) is 0 Å². The van der Waals surface area contributed by atoms with Crippen LogP contribution in [0.1, 0.15) is 32.8 Å². The highest BCUT2D eigenvalue weighted by Crippen LogP contribution is 2.31. The maximum Gasteiger partial charge on any atom is 0.415 e. The summed E-state index contributed by atoms with van der Waals surface area (Å²) < 4.78 is 5.40. The highest BCUT2D eigenvalue weighted by molar-refractivity contribution is 5.90. The highest BCUT2D eigenvalue weighted by Gasteiger charge is 2.33. The van der Waals surface area contributed by atoms with Crippen molar-refractivity contribution in [2.45, 2.75) is 45.3 Å². The van der Waals surface area contributed by atoms with E-state index in [0.29, 0.717) is 6.42 Å². The first-order valence-electron chi connectivity index (χ1n) is 6.42. The second-order valence-corrected chi connectivity index (χ2v) is 5.66. The Morgan fingerprint density at radius 3 is 2.74 bits per heavy atom. The molecule has 1 amide bonds. The van der Waals surface area contributed by atoms with Crippen LogP contribution in [0.2, 0.25) is 0 Å². The third kappa shape index (κ3) is 2.87. The van der Waals surface area contributed by atoms with Gasteiger partial charge in [-0.25, -0.2) is 4.79 Å². The standard InChI is InChI=1S/C15H18N2O2/c1-15(2,3)19-14(18)17-12(10-16)9-8-11-6-4-5-7-13(11)17/h4-7,12H,8-9H2,1-3H3. The van der Waals surface area contributed by atoms with Crippen LogP contribution in [0.5, 0.6) is 0 Å². The van der Waals surface area contributed by atoms with Crippen LogP contribution < -0.4 is 4.90 Å². The molecule has 1 aliphatic heterocycles. The number of carbonyl (C=O) groups excluding carboxylic acids is 1. The molecule has 4 heteroatoms. The summed E-state index contributed by atoms with van der Waals surface area (Å²) in [5, 5.41) is 9.23. The molecule has 1 heterocycles. The molecule has 1 unspecified atom stereocenters. The monoisotopic (exact) mass is 258 g/mol. The van der Waals surface area contributed by atoms with E-state index in [4.69, 9.17) is 4.74 Å². The SMILES string of the molecule is CC(C)(C)OC(=O)N1c2ccccc2CCC1C#N. The lowest BCUT2D eigenvalue weighted by atomic mass is 9.97. The van der Waals surface area contributed by atoms with Gasteiger partial charge in [0.25, 0.3) is 0 Å². The van der Waals surface area contributed by atoms with Gasteiger partial charge in [-0.2, -0.15) is 5.26 Å². The van der Waals surface area contributed by atoms with Crippen molar-refractivity contribution >= 4 is 11.8 Å². The van der Waals surface area contributed by atoms with Crippen LogP contribution in [0.3, 0.4) is 0 Å². The first kappa shape index (κ1) is 13.4. The van der Waals surface area contributed by atoms with E-state index in [1.54, 1.807) is 0 Å². The molecule has 0 spiro atoms. The summed E-state index contributed by atoms with van der Waals surface area (Å²) in [6.45, 7) is 5.46. The predicted molar refractivity (Wildman–Crippen MR) is 72.9 cm³/mol. The zero-order chi connectivity index (χ0) is 14.0. The quantitative estimate of drug-likeness (QED) is 0.717. The number of rotatable bonds is 0. The van der Waals surface area contributed by atoms with Crippen molar-refractivity contribution < 1.29 is 9.53 Å². The first-order valence-corrected chi connectivity index (χ1v) is 6.42. The molecule has 0 bridgehead atoms. The molecule has 1 aliphatic rings. The Kier molecular flexibility index (Phi) is 3.48. The molecule has 0 N–H and O–H groups in total. The number of nitrogens with zero attached hydrogens (tertiary/aromatic N) is 2. The molecule has 4 nitrogen and oxygen atoms in total. The number of benzene rings is 1. The largest absolute Gasteiger partial charge is 0.443 e. The number of fused-ring (bicyclic) bond motifs is 1. The van der Waals surface area contributed by atoms with E-state index in [9.17, 15) is 10.1 Å². The average molecular weight is 258 g/mol. The molecule has 100 valence electrons. The molecular formula is C15H18N2O2. The fourth-order valence-electron chi connectivity index (χ4n) is 2.21. The van der Waals surface area contributed by atoms with Gasteiger partial charge in [0.05, 0.1) is 11.8 Å². The summed E-state index contributed by atoms with van der Waals surface area (Å²) in [6.07, 6.45) is 1.01. The second kappa shape index (κ2) is 4.93. The summed E-state index contributed by atoms with van der Waals surface area (Å²) in [5.74, 6) is 0. The number of aryl methyl sites for hydroxylation is 1. The van der Waals surface area contributed by atoms with Crippen LogP contribution in [0, 0.1) is 11.3 Å². The fraction of sp³-hybridized carbons (Fsp3) is 0.467. The Balaban J connectivity index is 2.35. The van der Waals surface area contributed by atoms with Crippen LogP contribution in [0.15, 0.2) is 24.3 Å². The van der Waals surface area contributed by atoms with Crippen LogP contribution in [-0.4, -0.2) is 17.7 Å². The third-order valence-electron chi connectivity index (χ3n) is 2.99. The van der Waals surface area contributed by atoms with E-state index < -0.39 is 17.7 Å². The molecule has 2 rings (SSSR count). The summed E-state index contributed by atoms with van der Waals surface area (Å²) >= 11 is 0. The van der Waals surface area contributed by atoms with Gasteiger partial charge >= 0.3 is 6.09 Å². The maximum absolute atomic E-state index is 12.3. The van der Waals surface area contributed by atoms with Gasteiger partial charge in [0.1, 0.15) is 11.6 Å².